The third-order valence-electron chi connectivity index (χ3n) is 3.81. The van der Waals surface area contributed by atoms with Gasteiger partial charge in [0.1, 0.15) is 18.1 Å². The molecular formula is C15H16BrN5O3. The summed E-state index contributed by atoms with van der Waals surface area (Å²) >= 11 is 3.43. The minimum absolute atomic E-state index is 0.113. The van der Waals surface area contributed by atoms with Crippen LogP contribution in [0, 0.1) is 10.1 Å². The highest BCUT2D eigenvalue weighted by Crippen LogP contribution is 2.25. The van der Waals surface area contributed by atoms with Crippen molar-refractivity contribution >= 4 is 33.4 Å². The van der Waals surface area contributed by atoms with Crippen molar-refractivity contribution in [1.29, 1.82) is 0 Å². The lowest BCUT2D eigenvalue weighted by atomic mass is 10.1. The predicted octanol–water partition coefficient (Wildman–Crippen LogP) is 2.78. The highest BCUT2D eigenvalue weighted by atomic mass is 79.9. The van der Waals surface area contributed by atoms with Gasteiger partial charge in [0, 0.05) is 30.4 Å². The van der Waals surface area contributed by atoms with Gasteiger partial charge >= 0.3 is 5.69 Å². The van der Waals surface area contributed by atoms with E-state index in [9.17, 15) is 10.1 Å². The molecule has 2 N–H and O–H groups in total. The Labute approximate surface area is 146 Å². The molecule has 1 aliphatic rings. The Hall–Kier alpha value is -2.42. The summed E-state index contributed by atoms with van der Waals surface area (Å²) in [6.07, 6.45) is 2.90. The molecule has 126 valence electrons. The van der Waals surface area contributed by atoms with Crippen molar-refractivity contribution in [3.63, 3.8) is 0 Å². The number of nitrogen functional groups attached to an aromatic ring is 1. The molecule has 0 unspecified atom stereocenters. The zero-order chi connectivity index (χ0) is 17.1. The third kappa shape index (κ3) is 3.73. The molecule has 1 aromatic heterocycles. The number of aromatic nitrogens is 2. The van der Waals surface area contributed by atoms with Crippen LogP contribution >= 0.6 is 15.9 Å². The summed E-state index contributed by atoms with van der Waals surface area (Å²) < 4.78 is 6.96. The molecule has 24 heavy (non-hydrogen) atoms. The lowest BCUT2D eigenvalue weighted by Gasteiger charge is -2.32. The van der Waals surface area contributed by atoms with Gasteiger partial charge in [0.25, 0.3) is 0 Å². The van der Waals surface area contributed by atoms with E-state index in [1.165, 1.54) is 0 Å². The van der Waals surface area contributed by atoms with Crippen molar-refractivity contribution in [2.75, 3.05) is 23.7 Å². The second kappa shape index (κ2) is 7.00. The van der Waals surface area contributed by atoms with E-state index in [4.69, 9.17) is 10.5 Å². The zero-order valence-corrected chi connectivity index (χ0v) is 14.3. The Balaban J connectivity index is 1.61. The van der Waals surface area contributed by atoms with Crippen LogP contribution in [0.4, 0.5) is 17.5 Å². The van der Waals surface area contributed by atoms with Gasteiger partial charge in [0.2, 0.25) is 11.8 Å². The first-order valence-electron chi connectivity index (χ1n) is 7.47. The minimum atomic E-state index is -0.586. The Morgan fingerprint density at radius 3 is 2.75 bits per heavy atom. The maximum Gasteiger partial charge on any atom is 0.329 e. The molecule has 0 saturated carbocycles. The molecule has 1 aromatic carbocycles. The normalized spacial score (nSPS) is 15.3. The van der Waals surface area contributed by atoms with Crippen molar-refractivity contribution in [2.45, 2.75) is 18.9 Å². The van der Waals surface area contributed by atoms with E-state index in [-0.39, 0.29) is 17.6 Å². The van der Waals surface area contributed by atoms with Gasteiger partial charge in [-0.15, -0.1) is 0 Å². The van der Waals surface area contributed by atoms with Gasteiger partial charge in [-0.3, -0.25) is 10.1 Å². The molecule has 1 fully saturated rings. The third-order valence-corrected chi connectivity index (χ3v) is 4.30. The van der Waals surface area contributed by atoms with Crippen LogP contribution in [-0.4, -0.2) is 34.1 Å². The molecule has 0 spiro atoms. The van der Waals surface area contributed by atoms with E-state index in [0.717, 1.165) is 29.3 Å². The number of hydrogen-bond donors (Lipinski definition) is 1. The molecule has 0 radical (unpaired) electrons. The molecule has 1 saturated heterocycles. The van der Waals surface area contributed by atoms with Gasteiger partial charge in [-0.25, -0.2) is 4.98 Å². The molecule has 2 aromatic rings. The number of hydrogen-bond acceptors (Lipinski definition) is 7. The summed E-state index contributed by atoms with van der Waals surface area (Å²) in [6, 6.07) is 7.75. The first-order chi connectivity index (χ1) is 11.5. The smallest absolute Gasteiger partial charge is 0.329 e. The number of nitrogens with zero attached hydrogens (tertiary/aromatic N) is 4. The molecular weight excluding hydrogens is 378 g/mol. The van der Waals surface area contributed by atoms with Crippen molar-refractivity contribution in [3.8, 4) is 5.75 Å². The van der Waals surface area contributed by atoms with Crippen molar-refractivity contribution in [3.05, 3.63) is 45.0 Å². The van der Waals surface area contributed by atoms with E-state index in [2.05, 4.69) is 25.9 Å². The van der Waals surface area contributed by atoms with Gasteiger partial charge in [-0.05, 0) is 18.2 Å². The van der Waals surface area contributed by atoms with Crippen LogP contribution in [0.25, 0.3) is 0 Å². The van der Waals surface area contributed by atoms with Crippen LogP contribution in [0.3, 0.4) is 0 Å². The Morgan fingerprint density at radius 2 is 2.12 bits per heavy atom. The predicted molar refractivity (Wildman–Crippen MR) is 93.1 cm³/mol. The van der Waals surface area contributed by atoms with E-state index in [0.29, 0.717) is 19.0 Å². The summed E-state index contributed by atoms with van der Waals surface area (Å²) in [5.41, 5.74) is 5.35. The summed E-state index contributed by atoms with van der Waals surface area (Å²) in [6.45, 7) is 1.41. The minimum Gasteiger partial charge on any atom is -0.490 e. The highest BCUT2D eigenvalue weighted by molar-refractivity contribution is 9.10. The average Bonchev–Trinajstić information content (AvgIpc) is 2.55. The van der Waals surface area contributed by atoms with E-state index in [1.807, 2.05) is 29.2 Å². The number of benzene rings is 1. The number of anilines is 2. The fourth-order valence-electron chi connectivity index (χ4n) is 2.58. The maximum absolute atomic E-state index is 10.8. The second-order valence-electron chi connectivity index (χ2n) is 5.46. The fraction of sp³-hybridized carbons (Fsp3) is 0.333. The second-order valence-corrected chi connectivity index (χ2v) is 6.37. The topological polar surface area (TPSA) is 107 Å². The number of ether oxygens (including phenoxy) is 1. The number of nitro groups is 1. The summed E-state index contributed by atoms with van der Waals surface area (Å²) in [5.74, 6) is 1.13. The zero-order valence-electron chi connectivity index (χ0n) is 12.8. The van der Waals surface area contributed by atoms with E-state index < -0.39 is 4.92 Å². The quantitative estimate of drug-likeness (QED) is 0.628. The first-order valence-corrected chi connectivity index (χ1v) is 8.26. The molecule has 0 amide bonds. The monoisotopic (exact) mass is 393 g/mol. The number of nitrogens with two attached hydrogens (primary N) is 1. The molecule has 3 rings (SSSR count). The highest BCUT2D eigenvalue weighted by Gasteiger charge is 2.24. The van der Waals surface area contributed by atoms with Crippen molar-refractivity contribution in [2.24, 2.45) is 0 Å². The molecule has 2 heterocycles. The lowest BCUT2D eigenvalue weighted by molar-refractivity contribution is -0.384. The van der Waals surface area contributed by atoms with Gasteiger partial charge in [-0.2, -0.15) is 4.98 Å². The number of piperidine rings is 1. The molecule has 1 aliphatic heterocycles. The summed E-state index contributed by atoms with van der Waals surface area (Å²) in [4.78, 5) is 20.2. The average molecular weight is 394 g/mol. The number of halogens is 1. The van der Waals surface area contributed by atoms with Crippen LogP contribution < -0.4 is 15.4 Å². The Morgan fingerprint density at radius 1 is 1.38 bits per heavy atom. The largest absolute Gasteiger partial charge is 0.490 e. The van der Waals surface area contributed by atoms with Crippen LogP contribution in [0.2, 0.25) is 0 Å². The Bertz CT molecular complexity index is 750. The van der Waals surface area contributed by atoms with Crippen molar-refractivity contribution in [1.82, 2.24) is 9.97 Å². The van der Waals surface area contributed by atoms with Crippen LogP contribution in [0.15, 0.2) is 34.9 Å². The summed E-state index contributed by atoms with van der Waals surface area (Å²) in [7, 11) is 0. The number of rotatable bonds is 4. The molecule has 0 atom stereocenters. The molecule has 9 heteroatoms. The van der Waals surface area contributed by atoms with Gasteiger partial charge in [0.05, 0.1) is 4.92 Å². The molecule has 0 aliphatic carbocycles. The molecule has 0 bridgehead atoms. The SMILES string of the molecule is Nc1nc(N2CCC(Oc3cccc(Br)c3)CC2)ncc1[N+](=O)[O-]. The Kier molecular flexibility index (Phi) is 4.79. The lowest BCUT2D eigenvalue weighted by Crippen LogP contribution is -2.39. The fourth-order valence-corrected chi connectivity index (χ4v) is 2.96. The van der Waals surface area contributed by atoms with Gasteiger partial charge in [0.15, 0.2) is 0 Å². The maximum atomic E-state index is 10.8. The van der Waals surface area contributed by atoms with Crippen LogP contribution in [-0.2, 0) is 0 Å². The molecule has 8 nitrogen and oxygen atoms in total. The van der Waals surface area contributed by atoms with E-state index >= 15 is 0 Å². The van der Waals surface area contributed by atoms with Gasteiger partial charge < -0.3 is 15.4 Å². The van der Waals surface area contributed by atoms with Crippen LogP contribution in [0.5, 0.6) is 5.75 Å². The first kappa shape index (κ1) is 16.4. The van der Waals surface area contributed by atoms with E-state index in [1.54, 1.807) is 0 Å². The van der Waals surface area contributed by atoms with Crippen molar-refractivity contribution < 1.29 is 9.66 Å². The van der Waals surface area contributed by atoms with Gasteiger partial charge in [-0.1, -0.05) is 22.0 Å². The van der Waals surface area contributed by atoms with Crippen LogP contribution in [0.1, 0.15) is 12.8 Å². The summed E-state index contributed by atoms with van der Waals surface area (Å²) in [5, 5.41) is 10.8. The standard InChI is InChI=1S/C15H16BrN5O3/c16-10-2-1-3-12(8-10)24-11-4-6-20(7-5-11)15-18-9-13(21(22)23)14(17)19-15/h1-3,8-9,11H,4-7H2,(H2,17,18,19).